The minimum absolute atomic E-state index is 0.0417. The van der Waals surface area contributed by atoms with E-state index in [0.29, 0.717) is 17.0 Å². The van der Waals surface area contributed by atoms with Crippen molar-refractivity contribution in [3.63, 3.8) is 0 Å². The molecule has 0 unspecified atom stereocenters. The monoisotopic (exact) mass is 420 g/mol. The largest absolute Gasteiger partial charge is 0.503 e. The fourth-order valence-electron chi connectivity index (χ4n) is 2.66. The van der Waals surface area contributed by atoms with Crippen LogP contribution in [0.1, 0.15) is 23.6 Å². The number of methoxy groups -OCH3 is 2. The number of ether oxygens (including phenoxy) is 2. The summed E-state index contributed by atoms with van der Waals surface area (Å²) in [6, 6.07) is 16.7. The molecule has 2 aromatic rings. The molecule has 0 saturated heterocycles. The third kappa shape index (κ3) is 6.75. The Balaban J connectivity index is 2.24. The van der Waals surface area contributed by atoms with Gasteiger partial charge in [0.2, 0.25) is 0 Å². The highest BCUT2D eigenvalue weighted by molar-refractivity contribution is 6.47. The number of rotatable bonds is 10. The van der Waals surface area contributed by atoms with E-state index >= 15 is 0 Å². The normalized spacial score (nSPS) is 12.0. The zero-order valence-corrected chi connectivity index (χ0v) is 17.7. The lowest BCUT2D eigenvalue weighted by atomic mass is 10.0. The van der Waals surface area contributed by atoms with Gasteiger partial charge in [-0.2, -0.15) is 0 Å². The van der Waals surface area contributed by atoms with Crippen molar-refractivity contribution in [3.8, 4) is 12.3 Å². The summed E-state index contributed by atoms with van der Waals surface area (Å²) in [5.41, 5.74) is 3.44. The maximum absolute atomic E-state index is 12.1. The van der Waals surface area contributed by atoms with Crippen LogP contribution in [0.2, 0.25) is 0 Å². The minimum Gasteiger partial charge on any atom is -0.503 e. The maximum Gasteiger partial charge on any atom is 0.341 e. The van der Waals surface area contributed by atoms with E-state index in [1.165, 1.54) is 20.5 Å². The van der Waals surface area contributed by atoms with Crippen LogP contribution in [0.3, 0.4) is 0 Å². The average molecular weight is 420 g/mol. The van der Waals surface area contributed by atoms with Gasteiger partial charge in [0.15, 0.2) is 6.61 Å². The summed E-state index contributed by atoms with van der Waals surface area (Å²) in [5, 5.41) is 8.26. The second-order valence-corrected chi connectivity index (χ2v) is 6.15. The number of carbonyl (C=O) groups is 1. The van der Waals surface area contributed by atoms with Crippen molar-refractivity contribution in [2.24, 2.45) is 10.3 Å². The van der Waals surface area contributed by atoms with Crippen LogP contribution in [-0.4, -0.2) is 38.2 Å². The molecule has 0 N–H and O–H groups in total. The van der Waals surface area contributed by atoms with Crippen molar-refractivity contribution in [1.29, 1.82) is 0 Å². The van der Waals surface area contributed by atoms with Gasteiger partial charge >= 0.3 is 5.97 Å². The molecule has 0 saturated carbocycles. The van der Waals surface area contributed by atoms with Gasteiger partial charge in [0, 0.05) is 11.1 Å². The molecule has 160 valence electrons. The van der Waals surface area contributed by atoms with Crippen molar-refractivity contribution in [3.05, 3.63) is 77.5 Å². The molecule has 0 heterocycles. The Bertz CT molecular complexity index is 1000. The smallest absolute Gasteiger partial charge is 0.341 e. The van der Waals surface area contributed by atoms with Crippen LogP contribution >= 0.6 is 0 Å². The molecular weight excluding hydrogens is 396 g/mol. The average Bonchev–Trinajstić information content (AvgIpc) is 2.81. The van der Waals surface area contributed by atoms with Crippen molar-refractivity contribution in [2.75, 3.05) is 20.8 Å². The highest BCUT2D eigenvalue weighted by Gasteiger charge is 2.17. The lowest BCUT2D eigenvalue weighted by molar-refractivity contribution is -0.133. The summed E-state index contributed by atoms with van der Waals surface area (Å²) in [6.45, 7) is 1.90. The Morgan fingerprint density at radius 3 is 2.42 bits per heavy atom. The van der Waals surface area contributed by atoms with Gasteiger partial charge in [-0.1, -0.05) is 70.8 Å². The van der Waals surface area contributed by atoms with E-state index in [2.05, 4.69) is 16.2 Å². The SMILES string of the molecule is C#CCO/N=C(/C(C)=N/OCc1ccccc1/C(=C\OC)C(=O)OC)c1ccccc1. The van der Waals surface area contributed by atoms with Gasteiger partial charge in [-0.05, 0) is 12.5 Å². The summed E-state index contributed by atoms with van der Waals surface area (Å²) in [4.78, 5) is 22.8. The highest BCUT2D eigenvalue weighted by atomic mass is 16.6. The maximum atomic E-state index is 12.1. The van der Waals surface area contributed by atoms with E-state index in [1.807, 2.05) is 48.5 Å². The van der Waals surface area contributed by atoms with Gasteiger partial charge in [0.05, 0.1) is 20.5 Å². The van der Waals surface area contributed by atoms with Gasteiger partial charge < -0.3 is 19.1 Å². The number of benzene rings is 2. The third-order valence-electron chi connectivity index (χ3n) is 4.06. The Kier molecular flexibility index (Phi) is 9.37. The number of terminal acetylenes is 1. The molecule has 0 fully saturated rings. The summed E-state index contributed by atoms with van der Waals surface area (Å²) >= 11 is 0. The number of oxime groups is 2. The molecule has 2 rings (SSSR count). The summed E-state index contributed by atoms with van der Waals surface area (Å²) < 4.78 is 9.88. The van der Waals surface area contributed by atoms with E-state index in [0.717, 1.165) is 11.1 Å². The quantitative estimate of drug-likeness (QED) is 0.111. The molecule has 0 aromatic heterocycles. The molecule has 0 atom stereocenters. The summed E-state index contributed by atoms with van der Waals surface area (Å²) in [6.07, 6.45) is 6.56. The zero-order chi connectivity index (χ0) is 22.5. The standard InChI is InChI=1S/C24H24N2O5/c1-5-15-30-26-23(19-11-7-6-8-12-19)18(2)25-31-16-20-13-9-10-14-21(20)22(17-28-3)24(27)29-4/h1,6-14,17H,15-16H2,2-4H3/b22-17+,25-18+,26-23-. The number of hydrogen-bond acceptors (Lipinski definition) is 7. The molecule has 0 amide bonds. The van der Waals surface area contributed by atoms with Crippen LogP contribution in [0.4, 0.5) is 0 Å². The number of esters is 1. The first-order chi connectivity index (χ1) is 15.1. The molecule has 0 aliphatic carbocycles. The molecule has 0 spiro atoms. The fourth-order valence-corrected chi connectivity index (χ4v) is 2.66. The van der Waals surface area contributed by atoms with Crippen LogP contribution < -0.4 is 0 Å². The van der Waals surface area contributed by atoms with Crippen LogP contribution in [0.15, 0.2) is 71.2 Å². The Morgan fingerprint density at radius 2 is 1.74 bits per heavy atom. The predicted octanol–water partition coefficient (Wildman–Crippen LogP) is 3.79. The topological polar surface area (TPSA) is 78.7 Å². The van der Waals surface area contributed by atoms with Crippen molar-refractivity contribution < 1.29 is 23.9 Å². The van der Waals surface area contributed by atoms with Crippen LogP contribution in [0.25, 0.3) is 5.57 Å². The fraction of sp³-hybridized carbons (Fsp3) is 0.208. The van der Waals surface area contributed by atoms with Gasteiger partial charge in [-0.15, -0.1) is 6.42 Å². The number of hydrogen-bond donors (Lipinski definition) is 0. The number of carbonyl (C=O) groups excluding carboxylic acids is 1. The first kappa shape index (κ1) is 23.2. The first-order valence-corrected chi connectivity index (χ1v) is 9.37. The molecule has 7 nitrogen and oxygen atoms in total. The highest BCUT2D eigenvalue weighted by Crippen LogP contribution is 2.21. The van der Waals surface area contributed by atoms with Gasteiger partial charge in [0.1, 0.15) is 23.6 Å². The predicted molar refractivity (Wildman–Crippen MR) is 119 cm³/mol. The van der Waals surface area contributed by atoms with Crippen molar-refractivity contribution in [1.82, 2.24) is 0 Å². The minimum atomic E-state index is -0.516. The van der Waals surface area contributed by atoms with Crippen LogP contribution in [-0.2, 0) is 30.6 Å². The summed E-state index contributed by atoms with van der Waals surface area (Å²) in [7, 11) is 2.77. The molecule has 0 radical (unpaired) electrons. The second-order valence-electron chi connectivity index (χ2n) is 6.15. The first-order valence-electron chi connectivity index (χ1n) is 9.37. The Labute approximate surface area is 181 Å². The number of nitrogens with zero attached hydrogens (tertiary/aromatic N) is 2. The third-order valence-corrected chi connectivity index (χ3v) is 4.06. The molecule has 31 heavy (non-hydrogen) atoms. The van der Waals surface area contributed by atoms with E-state index in [1.54, 1.807) is 13.0 Å². The molecule has 0 aliphatic rings. The lowest BCUT2D eigenvalue weighted by Crippen LogP contribution is -2.14. The molecule has 0 aliphatic heterocycles. The van der Waals surface area contributed by atoms with E-state index in [9.17, 15) is 4.79 Å². The van der Waals surface area contributed by atoms with E-state index in [4.69, 9.17) is 25.6 Å². The molecular formula is C24H24N2O5. The molecule has 2 aromatic carbocycles. The van der Waals surface area contributed by atoms with Gasteiger partial charge in [-0.25, -0.2) is 4.79 Å². The van der Waals surface area contributed by atoms with Gasteiger partial charge in [-0.3, -0.25) is 0 Å². The van der Waals surface area contributed by atoms with Crippen LogP contribution in [0, 0.1) is 12.3 Å². The zero-order valence-electron chi connectivity index (χ0n) is 17.7. The van der Waals surface area contributed by atoms with Crippen molar-refractivity contribution >= 4 is 23.0 Å². The van der Waals surface area contributed by atoms with Crippen molar-refractivity contribution in [2.45, 2.75) is 13.5 Å². The van der Waals surface area contributed by atoms with E-state index in [-0.39, 0.29) is 18.8 Å². The summed E-state index contributed by atoms with van der Waals surface area (Å²) in [5.74, 6) is 1.85. The lowest BCUT2D eigenvalue weighted by Gasteiger charge is -2.11. The van der Waals surface area contributed by atoms with Gasteiger partial charge in [0.25, 0.3) is 0 Å². The molecule has 7 heteroatoms. The second kappa shape index (κ2) is 12.5. The Morgan fingerprint density at radius 1 is 1.03 bits per heavy atom. The van der Waals surface area contributed by atoms with Crippen LogP contribution in [0.5, 0.6) is 0 Å². The molecule has 0 bridgehead atoms. The van der Waals surface area contributed by atoms with E-state index < -0.39 is 5.97 Å². The Hall–Kier alpha value is -4.05.